The second-order valence-electron chi connectivity index (χ2n) is 11.5. The van der Waals surface area contributed by atoms with Crippen molar-refractivity contribution >= 4 is 17.1 Å². The maximum absolute atomic E-state index is 10.1. The van der Waals surface area contributed by atoms with Crippen molar-refractivity contribution in [3.8, 4) is 11.5 Å². The van der Waals surface area contributed by atoms with Crippen LogP contribution >= 0.6 is 0 Å². The van der Waals surface area contributed by atoms with Gasteiger partial charge in [-0.1, -0.05) is 96.6 Å². The second kappa shape index (κ2) is 12.5. The molecule has 3 nitrogen and oxygen atoms in total. The molecule has 0 heterocycles. The molecule has 2 N–H and O–H groups in total. The van der Waals surface area contributed by atoms with E-state index in [0.29, 0.717) is 0 Å². The minimum Gasteiger partial charge on any atom is -0.508 e. The lowest BCUT2D eigenvalue weighted by Crippen LogP contribution is -2.30. The largest absolute Gasteiger partial charge is 0.508 e. The van der Waals surface area contributed by atoms with E-state index in [9.17, 15) is 10.2 Å². The van der Waals surface area contributed by atoms with Gasteiger partial charge in [-0.15, -0.1) is 0 Å². The van der Waals surface area contributed by atoms with Crippen LogP contribution in [0.5, 0.6) is 11.5 Å². The number of phenols is 2. The Kier molecular flexibility index (Phi) is 8.21. The molecule has 0 radical (unpaired) electrons. The van der Waals surface area contributed by atoms with E-state index in [1.807, 2.05) is 30.3 Å². The van der Waals surface area contributed by atoms with Gasteiger partial charge in [0.2, 0.25) is 0 Å². The predicted octanol–water partition coefficient (Wildman–Crippen LogP) is 10.2. The summed E-state index contributed by atoms with van der Waals surface area (Å²) in [6.07, 6.45) is 1.62. The van der Waals surface area contributed by atoms with Crippen molar-refractivity contribution in [2.24, 2.45) is 0 Å². The molecule has 0 unspecified atom stereocenters. The summed E-state index contributed by atoms with van der Waals surface area (Å²) < 4.78 is 0. The minimum absolute atomic E-state index is 0.240. The molecule has 44 heavy (non-hydrogen) atoms. The Labute approximate surface area is 260 Å². The highest BCUT2D eigenvalue weighted by molar-refractivity contribution is 5.77. The molecule has 0 amide bonds. The number of nitrogens with zero attached hydrogens (tertiary/aromatic N) is 1. The van der Waals surface area contributed by atoms with Gasteiger partial charge in [-0.05, 0) is 115 Å². The second-order valence-corrected chi connectivity index (χ2v) is 11.5. The monoisotopic (exact) mass is 575 g/mol. The van der Waals surface area contributed by atoms with Gasteiger partial charge in [0, 0.05) is 22.5 Å². The molecule has 0 atom stereocenters. The van der Waals surface area contributed by atoms with Crippen LogP contribution in [0.2, 0.25) is 0 Å². The Bertz CT molecular complexity index is 1760. The van der Waals surface area contributed by atoms with Gasteiger partial charge >= 0.3 is 0 Å². The van der Waals surface area contributed by atoms with Gasteiger partial charge in [-0.3, -0.25) is 0 Å². The molecule has 6 aromatic rings. The molecular weight excluding hydrogens is 538 g/mol. The van der Waals surface area contributed by atoms with E-state index in [2.05, 4.69) is 116 Å². The summed E-state index contributed by atoms with van der Waals surface area (Å²) >= 11 is 0. The lowest BCUT2D eigenvalue weighted by Gasteiger charge is -2.36. The van der Waals surface area contributed by atoms with Crippen LogP contribution in [0.4, 0.5) is 17.1 Å². The van der Waals surface area contributed by atoms with Crippen LogP contribution in [0.25, 0.3) is 0 Å². The fourth-order valence-corrected chi connectivity index (χ4v) is 6.20. The van der Waals surface area contributed by atoms with Crippen molar-refractivity contribution in [1.82, 2.24) is 0 Å². The summed E-state index contributed by atoms with van der Waals surface area (Å²) in [4.78, 5) is 2.30. The van der Waals surface area contributed by atoms with Crippen molar-refractivity contribution in [2.45, 2.75) is 32.1 Å². The third kappa shape index (κ3) is 5.95. The Hall–Kier alpha value is -5.28. The Morgan fingerprint density at radius 3 is 1.55 bits per heavy atom. The smallest absolute Gasteiger partial charge is 0.115 e. The lowest BCUT2D eigenvalue weighted by atomic mass is 9.66. The van der Waals surface area contributed by atoms with Gasteiger partial charge in [0.25, 0.3) is 0 Å². The van der Waals surface area contributed by atoms with Gasteiger partial charge in [-0.25, -0.2) is 0 Å². The van der Waals surface area contributed by atoms with Crippen LogP contribution in [-0.4, -0.2) is 10.2 Å². The van der Waals surface area contributed by atoms with Gasteiger partial charge in [0.15, 0.2) is 0 Å². The molecule has 6 aromatic carbocycles. The summed E-state index contributed by atoms with van der Waals surface area (Å²) in [6, 6.07) is 51.8. The highest BCUT2D eigenvalue weighted by Gasteiger charge is 2.36. The van der Waals surface area contributed by atoms with Crippen LogP contribution in [0.3, 0.4) is 0 Å². The highest BCUT2D eigenvalue weighted by Crippen LogP contribution is 2.44. The molecular formula is C41H37NO2. The molecule has 0 fully saturated rings. The normalized spacial score (nSPS) is 11.3. The number of benzene rings is 6. The summed E-state index contributed by atoms with van der Waals surface area (Å²) in [5, 5.41) is 20.3. The van der Waals surface area contributed by atoms with E-state index in [-0.39, 0.29) is 11.5 Å². The molecule has 0 saturated carbocycles. The standard InChI is InChI=1S/C41H37NO2/c1-30-11-19-36(20-12-30)42(38-10-6-7-31(2)29-38)37-21-13-32(14-22-37)27-28-41(33-8-4-3-5-9-33,34-15-23-39(43)24-16-34)35-17-25-40(44)26-18-35/h3-26,29,43-44H,27-28H2,1-2H3. The van der Waals surface area contributed by atoms with E-state index < -0.39 is 5.41 Å². The molecule has 218 valence electrons. The SMILES string of the molecule is Cc1ccc(N(c2ccc(CCC(c3ccccc3)(c3ccc(O)cc3)c3ccc(O)cc3)cc2)c2cccc(C)c2)cc1. The third-order valence-electron chi connectivity index (χ3n) is 8.52. The molecule has 0 bridgehead atoms. The van der Waals surface area contributed by atoms with Crippen LogP contribution in [-0.2, 0) is 11.8 Å². The average Bonchev–Trinajstić information content (AvgIpc) is 3.05. The number of rotatable bonds is 9. The Morgan fingerprint density at radius 2 is 1.00 bits per heavy atom. The molecule has 0 saturated heterocycles. The number of phenolic OH excluding ortho intramolecular Hbond substituents is 2. The Balaban J connectivity index is 1.38. The number of anilines is 3. The van der Waals surface area contributed by atoms with Crippen molar-refractivity contribution in [3.05, 3.63) is 185 Å². The van der Waals surface area contributed by atoms with Crippen LogP contribution in [0.15, 0.2) is 152 Å². The van der Waals surface area contributed by atoms with Gasteiger partial charge < -0.3 is 15.1 Å². The van der Waals surface area contributed by atoms with Crippen LogP contribution in [0, 0.1) is 13.8 Å². The van der Waals surface area contributed by atoms with Crippen molar-refractivity contribution < 1.29 is 10.2 Å². The zero-order chi connectivity index (χ0) is 30.5. The minimum atomic E-state index is -0.489. The quantitative estimate of drug-likeness (QED) is 0.169. The molecule has 3 heteroatoms. The van der Waals surface area contributed by atoms with Gasteiger partial charge in [0.05, 0.1) is 0 Å². The summed E-state index contributed by atoms with van der Waals surface area (Å²) in [6.45, 7) is 4.24. The number of aromatic hydroxyl groups is 2. The first kappa shape index (κ1) is 28.8. The maximum atomic E-state index is 10.1. The highest BCUT2D eigenvalue weighted by atomic mass is 16.3. The van der Waals surface area contributed by atoms with E-state index in [0.717, 1.165) is 46.6 Å². The zero-order valence-electron chi connectivity index (χ0n) is 25.2. The molecule has 6 rings (SSSR count). The van der Waals surface area contributed by atoms with E-state index in [4.69, 9.17) is 0 Å². The maximum Gasteiger partial charge on any atom is 0.115 e. The van der Waals surface area contributed by atoms with E-state index >= 15 is 0 Å². The molecule has 0 aliphatic rings. The molecule has 0 spiro atoms. The predicted molar refractivity (Wildman–Crippen MR) is 181 cm³/mol. The van der Waals surface area contributed by atoms with Crippen molar-refractivity contribution in [1.29, 1.82) is 0 Å². The third-order valence-corrected chi connectivity index (χ3v) is 8.52. The van der Waals surface area contributed by atoms with Crippen LogP contribution in [0.1, 0.15) is 39.8 Å². The lowest BCUT2D eigenvalue weighted by molar-refractivity contribution is 0.473. The Morgan fingerprint density at radius 1 is 0.477 bits per heavy atom. The van der Waals surface area contributed by atoms with E-state index in [1.165, 1.54) is 16.7 Å². The molecule has 0 aromatic heterocycles. The van der Waals surface area contributed by atoms with Crippen LogP contribution < -0.4 is 4.90 Å². The first-order valence-electron chi connectivity index (χ1n) is 15.1. The molecule has 0 aliphatic carbocycles. The summed E-state index contributed by atoms with van der Waals surface area (Å²) in [7, 11) is 0. The van der Waals surface area contributed by atoms with Crippen molar-refractivity contribution in [3.63, 3.8) is 0 Å². The van der Waals surface area contributed by atoms with Gasteiger partial charge in [0.1, 0.15) is 11.5 Å². The summed E-state index contributed by atoms with van der Waals surface area (Å²) in [5.41, 5.74) is 9.90. The first-order valence-corrected chi connectivity index (χ1v) is 15.1. The fraction of sp³-hybridized carbons (Fsp3) is 0.122. The molecule has 0 aliphatic heterocycles. The van der Waals surface area contributed by atoms with Crippen molar-refractivity contribution in [2.75, 3.05) is 4.90 Å². The summed E-state index contributed by atoms with van der Waals surface area (Å²) in [5.74, 6) is 0.479. The average molecular weight is 576 g/mol. The number of hydrogen-bond acceptors (Lipinski definition) is 3. The first-order chi connectivity index (χ1) is 21.4. The topological polar surface area (TPSA) is 43.7 Å². The van der Waals surface area contributed by atoms with E-state index in [1.54, 1.807) is 24.3 Å². The number of hydrogen-bond donors (Lipinski definition) is 2. The van der Waals surface area contributed by atoms with Gasteiger partial charge in [-0.2, -0.15) is 0 Å². The fourth-order valence-electron chi connectivity index (χ4n) is 6.20. The number of aryl methyl sites for hydroxylation is 3. The zero-order valence-corrected chi connectivity index (χ0v) is 25.2.